The standard InChI is InChI=1S/C19H22ClNOS2/c1-11(22)17-15-9-19(2,3)7-6-16(15)24-18(17)14-8-13(20)5-4-12(14)10-21-23/h4-5,8,21,23H,6-7,9-10H2,1-3H3. The Bertz CT molecular complexity index is 795. The molecule has 5 heteroatoms. The third-order valence-electron chi connectivity index (χ3n) is 4.71. The Labute approximate surface area is 158 Å². The molecule has 0 saturated heterocycles. The Kier molecular flexibility index (Phi) is 5.12. The molecule has 0 unspecified atom stereocenters. The van der Waals surface area contributed by atoms with Crippen molar-refractivity contribution in [3.05, 3.63) is 44.8 Å². The van der Waals surface area contributed by atoms with Crippen LogP contribution < -0.4 is 4.72 Å². The van der Waals surface area contributed by atoms with Crippen LogP contribution >= 0.6 is 35.8 Å². The Morgan fingerprint density at radius 3 is 2.83 bits per heavy atom. The number of aryl methyl sites for hydroxylation is 1. The average molecular weight is 380 g/mol. The molecule has 2 nitrogen and oxygen atoms in total. The normalized spacial score (nSPS) is 16.0. The van der Waals surface area contributed by atoms with Crippen molar-refractivity contribution in [2.24, 2.45) is 5.41 Å². The lowest BCUT2D eigenvalue weighted by molar-refractivity contribution is 0.101. The molecule has 0 radical (unpaired) electrons. The number of thiophene rings is 1. The number of halogens is 1. The number of carbonyl (C=O) groups is 1. The largest absolute Gasteiger partial charge is 0.294 e. The SMILES string of the molecule is CC(=O)c1c(-c2cc(Cl)ccc2CNS)sc2c1CC(C)(C)CC2. The topological polar surface area (TPSA) is 29.1 Å². The second kappa shape index (κ2) is 6.83. The third kappa shape index (κ3) is 3.43. The van der Waals surface area contributed by atoms with Crippen LogP contribution in [0.5, 0.6) is 0 Å². The van der Waals surface area contributed by atoms with Gasteiger partial charge in [-0.15, -0.1) is 11.3 Å². The molecule has 1 aromatic carbocycles. The second-order valence-corrected chi connectivity index (χ2v) is 9.10. The minimum atomic E-state index is 0.143. The molecule has 0 spiro atoms. The van der Waals surface area contributed by atoms with Gasteiger partial charge in [0.15, 0.2) is 5.78 Å². The monoisotopic (exact) mass is 379 g/mol. The number of rotatable bonds is 4. The fraction of sp³-hybridized carbons (Fsp3) is 0.421. The van der Waals surface area contributed by atoms with E-state index in [9.17, 15) is 4.79 Å². The zero-order valence-corrected chi connectivity index (χ0v) is 16.7. The number of hydrogen-bond acceptors (Lipinski definition) is 4. The molecule has 0 bridgehead atoms. The summed E-state index contributed by atoms with van der Waals surface area (Å²) in [6.07, 6.45) is 3.18. The summed E-state index contributed by atoms with van der Waals surface area (Å²) >= 11 is 12.1. The molecule has 1 heterocycles. The summed E-state index contributed by atoms with van der Waals surface area (Å²) in [4.78, 5) is 14.9. The van der Waals surface area contributed by atoms with E-state index in [-0.39, 0.29) is 11.2 Å². The van der Waals surface area contributed by atoms with Gasteiger partial charge in [-0.1, -0.05) is 44.3 Å². The highest BCUT2D eigenvalue weighted by Crippen LogP contribution is 2.46. The molecule has 1 aromatic heterocycles. The zero-order chi connectivity index (χ0) is 17.5. The lowest BCUT2D eigenvalue weighted by atomic mass is 9.75. The van der Waals surface area contributed by atoms with Crippen molar-refractivity contribution in [1.82, 2.24) is 4.72 Å². The molecule has 2 aromatic rings. The van der Waals surface area contributed by atoms with E-state index < -0.39 is 0 Å². The van der Waals surface area contributed by atoms with Crippen LogP contribution in [0.1, 0.15) is 53.6 Å². The minimum absolute atomic E-state index is 0.143. The first-order chi connectivity index (χ1) is 11.3. The maximum Gasteiger partial charge on any atom is 0.161 e. The van der Waals surface area contributed by atoms with Gasteiger partial charge in [0.25, 0.3) is 0 Å². The van der Waals surface area contributed by atoms with Gasteiger partial charge in [0.2, 0.25) is 0 Å². The molecular formula is C19H22ClNOS2. The molecule has 0 amide bonds. The molecule has 1 aliphatic rings. The quantitative estimate of drug-likeness (QED) is 0.525. The van der Waals surface area contributed by atoms with Gasteiger partial charge < -0.3 is 0 Å². The van der Waals surface area contributed by atoms with Crippen molar-refractivity contribution in [3.8, 4) is 10.4 Å². The first kappa shape index (κ1) is 18.0. The van der Waals surface area contributed by atoms with E-state index in [4.69, 9.17) is 11.6 Å². The third-order valence-corrected chi connectivity index (χ3v) is 6.43. The predicted molar refractivity (Wildman–Crippen MR) is 106 cm³/mol. The van der Waals surface area contributed by atoms with Crippen molar-refractivity contribution in [3.63, 3.8) is 0 Å². The van der Waals surface area contributed by atoms with Gasteiger partial charge in [0.1, 0.15) is 0 Å². The van der Waals surface area contributed by atoms with Crippen LogP contribution in [0.25, 0.3) is 10.4 Å². The Hall–Kier alpha value is -0.810. The van der Waals surface area contributed by atoms with Crippen molar-refractivity contribution in [2.75, 3.05) is 0 Å². The molecule has 0 saturated carbocycles. The fourth-order valence-corrected chi connectivity index (χ4v) is 5.24. The summed E-state index contributed by atoms with van der Waals surface area (Å²) < 4.78 is 2.91. The van der Waals surface area contributed by atoms with Gasteiger partial charge in [-0.3, -0.25) is 9.52 Å². The first-order valence-corrected chi connectivity index (χ1v) is 9.78. The minimum Gasteiger partial charge on any atom is -0.294 e. The van der Waals surface area contributed by atoms with Gasteiger partial charge in [0, 0.05) is 26.9 Å². The highest BCUT2D eigenvalue weighted by molar-refractivity contribution is 7.78. The summed E-state index contributed by atoms with van der Waals surface area (Å²) in [5.74, 6) is 0.143. The molecular weight excluding hydrogens is 358 g/mol. The highest BCUT2D eigenvalue weighted by atomic mass is 35.5. The fourth-order valence-electron chi connectivity index (χ4n) is 3.48. The van der Waals surface area contributed by atoms with E-state index in [1.54, 1.807) is 18.3 Å². The van der Waals surface area contributed by atoms with Crippen molar-refractivity contribution >= 4 is 41.5 Å². The summed E-state index contributed by atoms with van der Waals surface area (Å²) in [5, 5.41) is 0.689. The van der Waals surface area contributed by atoms with Crippen molar-refractivity contribution < 1.29 is 4.79 Å². The predicted octanol–water partition coefficient (Wildman–Crippen LogP) is 5.72. The van der Waals surface area contributed by atoms with Crippen LogP contribution in [-0.2, 0) is 19.4 Å². The van der Waals surface area contributed by atoms with E-state index in [0.717, 1.165) is 40.8 Å². The van der Waals surface area contributed by atoms with E-state index in [2.05, 4.69) is 31.4 Å². The molecule has 0 atom stereocenters. The van der Waals surface area contributed by atoms with E-state index in [0.29, 0.717) is 11.6 Å². The maximum absolute atomic E-state index is 12.5. The van der Waals surface area contributed by atoms with Crippen molar-refractivity contribution in [1.29, 1.82) is 0 Å². The Morgan fingerprint density at radius 1 is 1.42 bits per heavy atom. The number of benzene rings is 1. The molecule has 0 fully saturated rings. The summed E-state index contributed by atoms with van der Waals surface area (Å²) in [7, 11) is 0. The number of nitrogens with one attached hydrogen (secondary N) is 1. The summed E-state index contributed by atoms with van der Waals surface area (Å²) in [6, 6.07) is 5.86. The number of hydrogen-bond donors (Lipinski definition) is 2. The molecule has 1 N–H and O–H groups in total. The van der Waals surface area contributed by atoms with Gasteiger partial charge in [-0.25, -0.2) is 0 Å². The highest BCUT2D eigenvalue weighted by Gasteiger charge is 2.32. The van der Waals surface area contributed by atoms with E-state index >= 15 is 0 Å². The summed E-state index contributed by atoms with van der Waals surface area (Å²) in [5.41, 5.74) is 4.55. The lowest BCUT2D eigenvalue weighted by Crippen LogP contribution is -2.22. The smallest absolute Gasteiger partial charge is 0.161 e. The number of Topliss-reactive ketones (excluding diaryl/α,β-unsaturated/α-hetero) is 1. The average Bonchev–Trinajstić information content (AvgIpc) is 2.86. The summed E-state index contributed by atoms with van der Waals surface area (Å²) in [6.45, 7) is 6.87. The molecule has 128 valence electrons. The van der Waals surface area contributed by atoms with Crippen LogP contribution in [0.15, 0.2) is 18.2 Å². The van der Waals surface area contributed by atoms with Crippen LogP contribution in [-0.4, -0.2) is 5.78 Å². The van der Waals surface area contributed by atoms with E-state index in [1.165, 1.54) is 10.4 Å². The first-order valence-electron chi connectivity index (χ1n) is 8.13. The van der Waals surface area contributed by atoms with Crippen LogP contribution in [0.3, 0.4) is 0 Å². The van der Waals surface area contributed by atoms with Crippen LogP contribution in [0, 0.1) is 5.41 Å². The van der Waals surface area contributed by atoms with Gasteiger partial charge in [0.05, 0.1) is 0 Å². The van der Waals surface area contributed by atoms with Gasteiger partial charge in [-0.05, 0) is 60.4 Å². The molecule has 24 heavy (non-hydrogen) atoms. The Balaban J connectivity index is 2.21. The Morgan fingerprint density at radius 2 is 2.17 bits per heavy atom. The van der Waals surface area contributed by atoms with Gasteiger partial charge in [-0.2, -0.15) is 0 Å². The van der Waals surface area contributed by atoms with E-state index in [1.807, 2.05) is 18.2 Å². The van der Waals surface area contributed by atoms with Crippen LogP contribution in [0.2, 0.25) is 5.02 Å². The molecule has 0 aliphatic heterocycles. The number of ketones is 1. The second-order valence-electron chi connectivity index (χ2n) is 7.24. The maximum atomic E-state index is 12.5. The number of fused-ring (bicyclic) bond motifs is 1. The zero-order valence-electron chi connectivity index (χ0n) is 14.2. The van der Waals surface area contributed by atoms with Gasteiger partial charge >= 0.3 is 0 Å². The van der Waals surface area contributed by atoms with Crippen LogP contribution in [0.4, 0.5) is 0 Å². The molecule has 3 rings (SSSR count). The molecule has 1 aliphatic carbocycles. The number of thiol groups is 1. The lowest BCUT2D eigenvalue weighted by Gasteiger charge is -2.29. The van der Waals surface area contributed by atoms with Crippen molar-refractivity contribution in [2.45, 2.75) is 46.6 Å². The number of carbonyl (C=O) groups excluding carboxylic acids is 1.